The molecule has 2 aliphatic heterocycles. The molecule has 2 amide bonds. The van der Waals surface area contributed by atoms with E-state index in [2.05, 4.69) is 10.9 Å². The first-order valence-electron chi connectivity index (χ1n) is 10.1. The van der Waals surface area contributed by atoms with Gasteiger partial charge in [-0.2, -0.15) is 4.31 Å². The Morgan fingerprint density at radius 1 is 0.938 bits per heavy atom. The number of piperidine rings is 1. The van der Waals surface area contributed by atoms with E-state index in [0.717, 1.165) is 0 Å². The predicted octanol–water partition coefficient (Wildman–Crippen LogP) is 1.97. The van der Waals surface area contributed by atoms with Crippen LogP contribution in [0.5, 0.6) is 11.5 Å². The van der Waals surface area contributed by atoms with Crippen molar-refractivity contribution in [3.05, 3.63) is 53.1 Å². The third kappa shape index (κ3) is 4.82. The van der Waals surface area contributed by atoms with Crippen LogP contribution in [0.2, 0.25) is 5.02 Å². The van der Waals surface area contributed by atoms with Crippen molar-refractivity contribution in [2.45, 2.75) is 17.7 Å². The lowest BCUT2D eigenvalue weighted by molar-refractivity contribution is -0.126. The highest BCUT2D eigenvalue weighted by molar-refractivity contribution is 7.89. The van der Waals surface area contributed by atoms with Gasteiger partial charge in [0, 0.05) is 35.7 Å². The number of fused-ring (bicyclic) bond motifs is 1. The topological polar surface area (TPSA) is 114 Å². The van der Waals surface area contributed by atoms with Crippen LogP contribution < -0.4 is 20.3 Å². The third-order valence-electron chi connectivity index (χ3n) is 5.38. The summed E-state index contributed by atoms with van der Waals surface area (Å²) in [6.45, 7) is 1.18. The Bertz CT molecular complexity index is 1110. The average molecular weight is 480 g/mol. The highest BCUT2D eigenvalue weighted by Gasteiger charge is 2.33. The van der Waals surface area contributed by atoms with Gasteiger partial charge in [-0.3, -0.25) is 20.4 Å². The van der Waals surface area contributed by atoms with E-state index in [1.54, 1.807) is 30.3 Å². The third-order valence-corrected chi connectivity index (χ3v) is 7.53. The van der Waals surface area contributed by atoms with E-state index in [0.29, 0.717) is 48.1 Å². The van der Waals surface area contributed by atoms with Gasteiger partial charge in [0.25, 0.3) is 5.91 Å². The van der Waals surface area contributed by atoms with Gasteiger partial charge in [-0.15, -0.1) is 0 Å². The van der Waals surface area contributed by atoms with Gasteiger partial charge in [0.05, 0.1) is 4.90 Å². The molecule has 2 aromatic rings. The summed E-state index contributed by atoms with van der Waals surface area (Å²) in [5, 5.41) is 0.503. The maximum atomic E-state index is 13.0. The molecular weight excluding hydrogens is 458 g/mol. The molecule has 0 atom stereocenters. The minimum absolute atomic E-state index is 0.125. The van der Waals surface area contributed by atoms with E-state index in [1.807, 2.05) is 0 Å². The van der Waals surface area contributed by atoms with Crippen molar-refractivity contribution in [2.24, 2.45) is 5.92 Å². The maximum Gasteiger partial charge on any atom is 0.269 e. The van der Waals surface area contributed by atoms with Crippen molar-refractivity contribution in [2.75, 3.05) is 26.3 Å². The zero-order valence-corrected chi connectivity index (χ0v) is 18.6. The molecule has 4 rings (SSSR count). The van der Waals surface area contributed by atoms with Crippen LogP contribution in [0.25, 0.3) is 0 Å². The van der Waals surface area contributed by atoms with Crippen molar-refractivity contribution in [1.82, 2.24) is 15.2 Å². The summed E-state index contributed by atoms with van der Waals surface area (Å²) in [6.07, 6.45) is 0.679. The van der Waals surface area contributed by atoms with Gasteiger partial charge in [-0.05, 0) is 49.2 Å². The number of nitrogens with one attached hydrogen (secondary N) is 2. The van der Waals surface area contributed by atoms with Crippen LogP contribution in [0, 0.1) is 5.92 Å². The lowest BCUT2D eigenvalue weighted by Crippen LogP contribution is -2.48. The zero-order chi connectivity index (χ0) is 22.7. The summed E-state index contributed by atoms with van der Waals surface area (Å²) in [5.74, 6) is -0.307. The largest absolute Gasteiger partial charge is 0.486 e. The maximum absolute atomic E-state index is 13.0. The predicted molar refractivity (Wildman–Crippen MR) is 116 cm³/mol. The number of hydrazine groups is 1. The van der Waals surface area contributed by atoms with Crippen LogP contribution in [0.1, 0.15) is 23.2 Å². The molecule has 1 saturated heterocycles. The number of sulfonamides is 1. The SMILES string of the molecule is O=C(NNC(=O)C1CCN(S(=O)(=O)c2ccc3c(c2)OCCO3)CC1)c1ccc(Cl)cc1. The summed E-state index contributed by atoms with van der Waals surface area (Å²) < 4.78 is 38.3. The van der Waals surface area contributed by atoms with E-state index in [9.17, 15) is 18.0 Å². The number of hydrogen-bond donors (Lipinski definition) is 2. The molecule has 0 saturated carbocycles. The Morgan fingerprint density at radius 2 is 1.59 bits per heavy atom. The fourth-order valence-corrected chi connectivity index (χ4v) is 5.20. The van der Waals surface area contributed by atoms with Crippen LogP contribution in [0.15, 0.2) is 47.4 Å². The van der Waals surface area contributed by atoms with Crippen molar-refractivity contribution >= 4 is 33.4 Å². The first-order valence-corrected chi connectivity index (χ1v) is 11.9. The Kier molecular flexibility index (Phi) is 6.54. The molecule has 0 spiro atoms. The molecule has 0 unspecified atom stereocenters. The second-order valence-corrected chi connectivity index (χ2v) is 9.81. The first kappa shape index (κ1) is 22.4. The van der Waals surface area contributed by atoms with Crippen LogP contribution >= 0.6 is 11.6 Å². The molecule has 9 nitrogen and oxygen atoms in total. The normalized spacial score (nSPS) is 16.9. The van der Waals surface area contributed by atoms with Gasteiger partial charge in [0.15, 0.2) is 11.5 Å². The fraction of sp³-hybridized carbons (Fsp3) is 0.333. The van der Waals surface area contributed by atoms with Gasteiger partial charge in [-0.1, -0.05) is 11.6 Å². The summed E-state index contributed by atoms with van der Waals surface area (Å²) >= 11 is 5.80. The first-order chi connectivity index (χ1) is 15.3. The molecule has 0 radical (unpaired) electrons. The van der Waals surface area contributed by atoms with Crippen molar-refractivity contribution in [1.29, 1.82) is 0 Å². The quantitative estimate of drug-likeness (QED) is 0.648. The fourth-order valence-electron chi connectivity index (χ4n) is 3.59. The minimum atomic E-state index is -3.72. The van der Waals surface area contributed by atoms with E-state index in [1.165, 1.54) is 16.4 Å². The average Bonchev–Trinajstić information content (AvgIpc) is 2.82. The molecule has 2 heterocycles. The molecule has 0 aliphatic carbocycles. The van der Waals surface area contributed by atoms with Crippen LogP contribution in [0.4, 0.5) is 0 Å². The molecule has 0 aromatic heterocycles. The Balaban J connectivity index is 1.31. The summed E-state index contributed by atoms with van der Waals surface area (Å²) in [6, 6.07) is 10.8. The summed E-state index contributed by atoms with van der Waals surface area (Å²) in [7, 11) is -3.72. The molecule has 2 aromatic carbocycles. The van der Waals surface area contributed by atoms with Gasteiger partial charge >= 0.3 is 0 Å². The lowest BCUT2D eigenvalue weighted by Gasteiger charge is -2.30. The molecule has 2 aliphatic rings. The monoisotopic (exact) mass is 479 g/mol. The number of amides is 2. The second-order valence-electron chi connectivity index (χ2n) is 7.43. The molecule has 32 heavy (non-hydrogen) atoms. The van der Waals surface area contributed by atoms with E-state index >= 15 is 0 Å². The Morgan fingerprint density at radius 3 is 2.28 bits per heavy atom. The lowest BCUT2D eigenvalue weighted by atomic mass is 9.98. The van der Waals surface area contributed by atoms with E-state index in [-0.39, 0.29) is 23.9 Å². The van der Waals surface area contributed by atoms with Crippen LogP contribution in [-0.2, 0) is 14.8 Å². The number of carbonyl (C=O) groups is 2. The standard InChI is InChI=1S/C21H22ClN3O6S/c22-16-3-1-14(2-4-16)20(26)23-24-21(27)15-7-9-25(10-8-15)32(28,29)17-5-6-18-19(13-17)31-12-11-30-18/h1-6,13,15H,7-12H2,(H,23,26)(H,24,27). The Labute approximate surface area is 190 Å². The number of benzene rings is 2. The second kappa shape index (κ2) is 9.35. The Hall–Kier alpha value is -2.82. The van der Waals surface area contributed by atoms with Crippen molar-refractivity contribution in [3.63, 3.8) is 0 Å². The number of hydrogen-bond acceptors (Lipinski definition) is 6. The van der Waals surface area contributed by atoms with Gasteiger partial charge in [-0.25, -0.2) is 8.42 Å². The highest BCUT2D eigenvalue weighted by Crippen LogP contribution is 2.34. The summed E-state index contributed by atoms with van der Waals surface area (Å²) in [5.41, 5.74) is 5.14. The molecule has 11 heteroatoms. The van der Waals surface area contributed by atoms with Gasteiger partial charge in [0.2, 0.25) is 15.9 Å². The number of nitrogens with zero attached hydrogens (tertiary/aromatic N) is 1. The van der Waals surface area contributed by atoms with Crippen molar-refractivity contribution < 1.29 is 27.5 Å². The summed E-state index contributed by atoms with van der Waals surface area (Å²) in [4.78, 5) is 24.7. The minimum Gasteiger partial charge on any atom is -0.486 e. The molecule has 170 valence electrons. The molecular formula is C21H22ClN3O6S. The van der Waals surface area contributed by atoms with Crippen molar-refractivity contribution in [3.8, 4) is 11.5 Å². The number of rotatable bonds is 4. The number of carbonyl (C=O) groups excluding carboxylic acids is 2. The molecule has 1 fully saturated rings. The van der Waals surface area contributed by atoms with Gasteiger partial charge in [0.1, 0.15) is 13.2 Å². The zero-order valence-electron chi connectivity index (χ0n) is 17.0. The highest BCUT2D eigenvalue weighted by atomic mass is 35.5. The molecule has 2 N–H and O–H groups in total. The smallest absolute Gasteiger partial charge is 0.269 e. The van der Waals surface area contributed by atoms with E-state index in [4.69, 9.17) is 21.1 Å². The van der Waals surface area contributed by atoms with Gasteiger partial charge < -0.3 is 9.47 Å². The molecule has 0 bridgehead atoms. The van der Waals surface area contributed by atoms with Crippen LogP contribution in [0.3, 0.4) is 0 Å². The van der Waals surface area contributed by atoms with Crippen LogP contribution in [-0.4, -0.2) is 50.8 Å². The number of halogens is 1. The number of ether oxygens (including phenoxy) is 2. The van der Waals surface area contributed by atoms with E-state index < -0.39 is 21.8 Å².